The van der Waals surface area contributed by atoms with Crippen molar-refractivity contribution in [1.82, 2.24) is 14.3 Å². The number of carbonyl (C=O) groups excluding carboxylic acids is 1. The lowest BCUT2D eigenvalue weighted by molar-refractivity contribution is -0.0241. The molecule has 10 heteroatoms. The van der Waals surface area contributed by atoms with E-state index in [0.29, 0.717) is 53.1 Å². The fraction of sp³-hybridized carbons (Fsp3) is 0.300. The molecule has 0 aliphatic carbocycles. The lowest BCUT2D eigenvalue weighted by atomic mass is 10.0. The molecule has 1 aliphatic heterocycles. The van der Waals surface area contributed by atoms with Gasteiger partial charge in [-0.3, -0.25) is 0 Å². The quantitative estimate of drug-likeness (QED) is 0.448. The molecule has 1 saturated heterocycles. The third-order valence-electron chi connectivity index (χ3n) is 4.94. The van der Waals surface area contributed by atoms with Crippen LogP contribution in [0.25, 0.3) is 16.9 Å². The minimum Gasteiger partial charge on any atom is -0.453 e. The van der Waals surface area contributed by atoms with E-state index < -0.39 is 11.9 Å². The van der Waals surface area contributed by atoms with E-state index >= 15 is 0 Å². The van der Waals surface area contributed by atoms with E-state index in [1.807, 2.05) is 4.40 Å². The van der Waals surface area contributed by atoms with Crippen LogP contribution in [-0.4, -0.2) is 53.3 Å². The van der Waals surface area contributed by atoms with Gasteiger partial charge in [0.25, 0.3) is 0 Å². The Morgan fingerprint density at radius 3 is 2.97 bits per heavy atom. The summed E-state index contributed by atoms with van der Waals surface area (Å²) in [5.74, 6) is -0.443. The number of aromatic nitrogens is 2. The first-order chi connectivity index (χ1) is 14.4. The lowest BCUT2D eigenvalue weighted by Crippen LogP contribution is -2.46. The Labute approximate surface area is 190 Å². The summed E-state index contributed by atoms with van der Waals surface area (Å²) in [4.78, 5) is 18.2. The molecule has 0 radical (unpaired) electrons. The van der Waals surface area contributed by atoms with Gasteiger partial charge >= 0.3 is 6.09 Å². The van der Waals surface area contributed by atoms with Gasteiger partial charge in [-0.2, -0.15) is 0 Å². The van der Waals surface area contributed by atoms with Crippen molar-refractivity contribution in [2.45, 2.75) is 12.5 Å². The Morgan fingerprint density at radius 2 is 2.20 bits per heavy atom. The van der Waals surface area contributed by atoms with Crippen molar-refractivity contribution in [2.75, 3.05) is 26.8 Å². The van der Waals surface area contributed by atoms with Crippen molar-refractivity contribution in [3.05, 3.63) is 56.5 Å². The fourth-order valence-electron chi connectivity index (χ4n) is 3.54. The molecule has 2 aromatic heterocycles. The summed E-state index contributed by atoms with van der Waals surface area (Å²) in [6, 6.07) is 6.32. The monoisotopic (exact) mass is 515 g/mol. The molecule has 1 aromatic carbocycles. The zero-order valence-corrected chi connectivity index (χ0v) is 19.0. The number of methoxy groups -OCH3 is 1. The number of halogens is 4. The van der Waals surface area contributed by atoms with Crippen molar-refractivity contribution in [2.24, 2.45) is 0 Å². The van der Waals surface area contributed by atoms with E-state index in [0.717, 1.165) is 5.69 Å². The van der Waals surface area contributed by atoms with Crippen LogP contribution in [0.15, 0.2) is 34.9 Å². The van der Waals surface area contributed by atoms with Crippen LogP contribution in [0.5, 0.6) is 0 Å². The second kappa shape index (κ2) is 8.70. The molecule has 3 heterocycles. The minimum absolute atomic E-state index is 0.272. The van der Waals surface area contributed by atoms with Crippen LogP contribution in [0.2, 0.25) is 10.0 Å². The first-order valence-corrected chi connectivity index (χ1v) is 10.7. The highest BCUT2D eigenvalue weighted by Crippen LogP contribution is 2.35. The molecule has 0 saturated carbocycles. The smallest absolute Gasteiger partial charge is 0.409 e. The van der Waals surface area contributed by atoms with Crippen LogP contribution in [0.3, 0.4) is 0 Å². The summed E-state index contributed by atoms with van der Waals surface area (Å²) in [5, 5.41) is 0.893. The standard InChI is InChI=1S/C20H17BrCl2FN3O3/c1-29-20(28)26-4-5-30-12(10-26)7-17-19(13-8-16(24)14(21)9-15(13)23)25-18-6-11(22)2-3-27(17)18/h2-3,6,8-9,12H,4-5,7,10H2,1H3/t12-/m0/s1. The van der Waals surface area contributed by atoms with Crippen LogP contribution in [0.1, 0.15) is 5.69 Å². The number of pyridine rings is 1. The Balaban J connectivity index is 1.78. The summed E-state index contributed by atoms with van der Waals surface area (Å²) in [6.45, 7) is 1.23. The number of amides is 1. The molecular weight excluding hydrogens is 500 g/mol. The number of carbonyl (C=O) groups is 1. The molecule has 1 aliphatic rings. The van der Waals surface area contributed by atoms with Crippen molar-refractivity contribution in [3.63, 3.8) is 0 Å². The van der Waals surface area contributed by atoms with E-state index in [-0.39, 0.29) is 10.6 Å². The number of rotatable bonds is 3. The Hall–Kier alpha value is -1.87. The number of benzene rings is 1. The topological polar surface area (TPSA) is 56.1 Å². The number of hydrogen-bond donors (Lipinski definition) is 0. The van der Waals surface area contributed by atoms with Gasteiger partial charge in [0, 0.05) is 35.8 Å². The van der Waals surface area contributed by atoms with Gasteiger partial charge in [-0.15, -0.1) is 0 Å². The van der Waals surface area contributed by atoms with Crippen molar-refractivity contribution < 1.29 is 18.7 Å². The Kier molecular flexibility index (Phi) is 6.20. The largest absolute Gasteiger partial charge is 0.453 e. The van der Waals surface area contributed by atoms with Crippen LogP contribution in [0, 0.1) is 5.82 Å². The molecule has 30 heavy (non-hydrogen) atoms. The fourth-order valence-corrected chi connectivity index (χ4v) is 4.42. The van der Waals surface area contributed by atoms with Gasteiger partial charge in [0.15, 0.2) is 0 Å². The van der Waals surface area contributed by atoms with Crippen molar-refractivity contribution in [3.8, 4) is 11.3 Å². The normalized spacial score (nSPS) is 16.8. The molecule has 1 atom stereocenters. The maximum atomic E-state index is 14.3. The molecule has 3 aromatic rings. The van der Waals surface area contributed by atoms with Gasteiger partial charge in [-0.1, -0.05) is 23.2 Å². The highest BCUT2D eigenvalue weighted by atomic mass is 79.9. The molecule has 158 valence electrons. The number of imidazole rings is 1. The summed E-state index contributed by atoms with van der Waals surface area (Å²) >= 11 is 15.7. The minimum atomic E-state index is -0.443. The Morgan fingerprint density at radius 1 is 1.40 bits per heavy atom. The number of morpholine rings is 1. The van der Waals surface area contributed by atoms with E-state index in [9.17, 15) is 9.18 Å². The zero-order chi connectivity index (χ0) is 21.4. The van der Waals surface area contributed by atoms with Gasteiger partial charge in [-0.05, 0) is 34.1 Å². The zero-order valence-electron chi connectivity index (χ0n) is 15.9. The van der Waals surface area contributed by atoms with Gasteiger partial charge < -0.3 is 18.8 Å². The average Bonchev–Trinajstić information content (AvgIpc) is 3.07. The number of hydrogen-bond acceptors (Lipinski definition) is 4. The molecule has 6 nitrogen and oxygen atoms in total. The molecule has 0 N–H and O–H groups in total. The van der Waals surface area contributed by atoms with Crippen LogP contribution >= 0.6 is 39.1 Å². The van der Waals surface area contributed by atoms with Crippen LogP contribution in [-0.2, 0) is 15.9 Å². The number of ether oxygens (including phenoxy) is 2. The average molecular weight is 517 g/mol. The van der Waals surface area contributed by atoms with Gasteiger partial charge in [0.2, 0.25) is 0 Å². The first-order valence-electron chi connectivity index (χ1n) is 9.13. The van der Waals surface area contributed by atoms with Gasteiger partial charge in [0.1, 0.15) is 11.5 Å². The van der Waals surface area contributed by atoms with Gasteiger partial charge in [0.05, 0.1) is 47.2 Å². The van der Waals surface area contributed by atoms with Crippen LogP contribution < -0.4 is 0 Å². The summed E-state index contributed by atoms with van der Waals surface area (Å²) < 4.78 is 27.1. The van der Waals surface area contributed by atoms with Gasteiger partial charge in [-0.25, -0.2) is 14.2 Å². The molecular formula is C20H17BrCl2FN3O3. The molecule has 1 fully saturated rings. The molecule has 0 unspecified atom stereocenters. The predicted octanol–water partition coefficient (Wildman–Crippen LogP) is 5.22. The maximum absolute atomic E-state index is 14.3. The second-order valence-electron chi connectivity index (χ2n) is 6.84. The lowest BCUT2D eigenvalue weighted by Gasteiger charge is -2.32. The first kappa shape index (κ1) is 21.4. The SMILES string of the molecule is COC(=O)N1CCO[C@@H](Cc2c(-c3cc(F)c(Br)cc3Cl)nc3cc(Cl)ccn23)C1. The third kappa shape index (κ3) is 4.14. The summed E-state index contributed by atoms with van der Waals surface area (Å²) in [5.41, 5.74) is 2.38. The van der Waals surface area contributed by atoms with E-state index in [4.69, 9.17) is 32.7 Å². The van der Waals surface area contributed by atoms with Crippen molar-refractivity contribution >= 4 is 50.9 Å². The molecule has 0 bridgehead atoms. The number of fused-ring (bicyclic) bond motifs is 1. The van der Waals surface area contributed by atoms with E-state index in [2.05, 4.69) is 20.9 Å². The maximum Gasteiger partial charge on any atom is 0.409 e. The van der Waals surface area contributed by atoms with Crippen molar-refractivity contribution in [1.29, 1.82) is 0 Å². The van der Waals surface area contributed by atoms with E-state index in [1.54, 1.807) is 23.2 Å². The number of nitrogens with zero attached hydrogens (tertiary/aromatic N) is 3. The van der Waals surface area contributed by atoms with E-state index in [1.165, 1.54) is 19.2 Å². The Bertz CT molecular complexity index is 1120. The highest BCUT2D eigenvalue weighted by Gasteiger charge is 2.28. The molecule has 1 amide bonds. The van der Waals surface area contributed by atoms with Crippen LogP contribution in [0.4, 0.5) is 9.18 Å². The third-order valence-corrected chi connectivity index (χ3v) is 6.10. The molecule has 0 spiro atoms. The highest BCUT2D eigenvalue weighted by molar-refractivity contribution is 9.10. The summed E-state index contributed by atoms with van der Waals surface area (Å²) in [6.07, 6.45) is 1.55. The predicted molar refractivity (Wildman–Crippen MR) is 116 cm³/mol. The second-order valence-corrected chi connectivity index (χ2v) is 8.54. The summed E-state index contributed by atoms with van der Waals surface area (Å²) in [7, 11) is 1.35. The molecule has 4 rings (SSSR count).